The van der Waals surface area contributed by atoms with E-state index in [-0.39, 0.29) is 12.5 Å². The van der Waals surface area contributed by atoms with Gasteiger partial charge in [-0.05, 0) is 73.5 Å². The van der Waals surface area contributed by atoms with Gasteiger partial charge in [-0.15, -0.1) is 0 Å². The van der Waals surface area contributed by atoms with Crippen LogP contribution in [0.3, 0.4) is 0 Å². The van der Waals surface area contributed by atoms with E-state index in [1.807, 2.05) is 54.6 Å². The number of hydrogen-bond acceptors (Lipinski definition) is 5. The number of aryl methyl sites for hydroxylation is 2. The number of hydrogen-bond donors (Lipinski definition) is 0. The number of fused-ring (bicyclic) bond motifs is 1. The number of benzene rings is 3. The van der Waals surface area contributed by atoms with E-state index in [4.69, 9.17) is 14.1 Å². The van der Waals surface area contributed by atoms with Crippen LogP contribution in [-0.2, 0) is 6.54 Å². The minimum absolute atomic E-state index is 0.168. The molecule has 0 saturated heterocycles. The van der Waals surface area contributed by atoms with Gasteiger partial charge >= 0.3 is 0 Å². The van der Waals surface area contributed by atoms with E-state index in [1.54, 1.807) is 23.3 Å². The van der Waals surface area contributed by atoms with Gasteiger partial charge in [0.25, 0.3) is 5.91 Å². The largest absolute Gasteiger partial charge is 0.467 e. The summed E-state index contributed by atoms with van der Waals surface area (Å²) < 4.78 is 12.5. The average Bonchev–Trinajstić information content (AvgIpc) is 3.51. The highest BCUT2D eigenvalue weighted by Gasteiger charge is 2.24. The van der Waals surface area contributed by atoms with Crippen molar-refractivity contribution in [3.05, 3.63) is 108 Å². The standard InChI is InChI=1S/C27H22N2O3S/c1-18-13-14-24-25(19(18)2)28-27(33-24)29(17-23-12-7-15-31-23)26(30)20-8-6-11-22(16-20)32-21-9-4-3-5-10-21/h3-16H,17H2,1-2H3. The summed E-state index contributed by atoms with van der Waals surface area (Å²) in [5.74, 6) is 1.83. The molecule has 3 aromatic carbocycles. The molecule has 0 spiro atoms. The fourth-order valence-electron chi connectivity index (χ4n) is 3.59. The van der Waals surface area contributed by atoms with Crippen molar-refractivity contribution in [2.75, 3.05) is 4.90 Å². The lowest BCUT2D eigenvalue weighted by atomic mass is 10.1. The fourth-order valence-corrected chi connectivity index (χ4v) is 4.61. The van der Waals surface area contributed by atoms with E-state index in [0.717, 1.165) is 15.8 Å². The first-order valence-electron chi connectivity index (χ1n) is 10.6. The van der Waals surface area contributed by atoms with Crippen molar-refractivity contribution in [1.82, 2.24) is 4.98 Å². The predicted octanol–water partition coefficient (Wildman–Crippen LogP) is 7.15. The fraction of sp³-hybridized carbons (Fsp3) is 0.111. The summed E-state index contributed by atoms with van der Waals surface area (Å²) in [6.07, 6.45) is 1.61. The topological polar surface area (TPSA) is 55.6 Å². The van der Waals surface area contributed by atoms with Gasteiger partial charge in [-0.25, -0.2) is 4.98 Å². The van der Waals surface area contributed by atoms with E-state index in [9.17, 15) is 4.79 Å². The molecule has 0 aliphatic rings. The zero-order valence-corrected chi connectivity index (χ0v) is 19.1. The molecule has 2 heterocycles. The number of ether oxygens (including phenoxy) is 1. The molecule has 0 fully saturated rings. The SMILES string of the molecule is Cc1ccc2sc(N(Cc3ccco3)C(=O)c3cccc(Oc4ccccc4)c3)nc2c1C. The molecule has 164 valence electrons. The lowest BCUT2D eigenvalue weighted by Crippen LogP contribution is -2.30. The number of nitrogens with zero attached hydrogens (tertiary/aromatic N) is 2. The van der Waals surface area contributed by atoms with Crippen LogP contribution >= 0.6 is 11.3 Å². The third-order valence-corrected chi connectivity index (χ3v) is 6.55. The Morgan fingerprint density at radius 1 is 0.970 bits per heavy atom. The van der Waals surface area contributed by atoms with Crippen molar-refractivity contribution in [1.29, 1.82) is 0 Å². The normalized spacial score (nSPS) is 11.0. The molecule has 5 rings (SSSR count). The molecule has 0 saturated carbocycles. The van der Waals surface area contributed by atoms with Gasteiger partial charge < -0.3 is 9.15 Å². The van der Waals surface area contributed by atoms with Crippen LogP contribution in [0.15, 0.2) is 89.5 Å². The van der Waals surface area contributed by atoms with Gasteiger partial charge in [-0.3, -0.25) is 9.69 Å². The Balaban J connectivity index is 1.51. The number of para-hydroxylation sites is 1. The second kappa shape index (κ2) is 8.92. The Morgan fingerprint density at radius 3 is 2.58 bits per heavy atom. The zero-order valence-electron chi connectivity index (χ0n) is 18.3. The third-order valence-electron chi connectivity index (χ3n) is 5.50. The minimum atomic E-state index is -0.168. The average molecular weight is 455 g/mol. The number of furan rings is 1. The maximum Gasteiger partial charge on any atom is 0.260 e. The molecule has 0 unspecified atom stereocenters. The summed E-state index contributed by atoms with van der Waals surface area (Å²) >= 11 is 1.50. The van der Waals surface area contributed by atoms with Gasteiger partial charge in [-0.2, -0.15) is 0 Å². The van der Waals surface area contributed by atoms with Crippen LogP contribution in [0.1, 0.15) is 27.2 Å². The Labute approximate surface area is 195 Å². The maximum atomic E-state index is 13.7. The van der Waals surface area contributed by atoms with Gasteiger partial charge in [0.1, 0.15) is 17.3 Å². The Hall–Kier alpha value is -3.90. The second-order valence-electron chi connectivity index (χ2n) is 7.76. The molecule has 33 heavy (non-hydrogen) atoms. The van der Waals surface area contributed by atoms with Gasteiger partial charge in [-0.1, -0.05) is 41.7 Å². The van der Waals surface area contributed by atoms with Crippen molar-refractivity contribution < 1.29 is 13.9 Å². The van der Waals surface area contributed by atoms with E-state index in [0.29, 0.717) is 28.0 Å². The third kappa shape index (κ3) is 4.38. The first-order chi connectivity index (χ1) is 16.1. The molecule has 6 heteroatoms. The molecule has 0 N–H and O–H groups in total. The highest BCUT2D eigenvalue weighted by Crippen LogP contribution is 2.34. The van der Waals surface area contributed by atoms with E-state index in [1.165, 1.54) is 16.9 Å². The highest BCUT2D eigenvalue weighted by molar-refractivity contribution is 7.22. The number of thiazole rings is 1. The number of aromatic nitrogens is 1. The number of amides is 1. The highest BCUT2D eigenvalue weighted by atomic mass is 32.1. The summed E-state index contributed by atoms with van der Waals surface area (Å²) in [5, 5.41) is 0.634. The Bertz CT molecular complexity index is 1410. The lowest BCUT2D eigenvalue weighted by Gasteiger charge is -2.19. The number of rotatable bonds is 6. The molecular formula is C27H22N2O3S. The molecular weight excluding hydrogens is 432 g/mol. The van der Waals surface area contributed by atoms with Crippen molar-refractivity contribution >= 4 is 32.6 Å². The molecule has 1 amide bonds. The van der Waals surface area contributed by atoms with Gasteiger partial charge in [0.2, 0.25) is 0 Å². The van der Waals surface area contributed by atoms with Crippen LogP contribution in [0, 0.1) is 13.8 Å². The van der Waals surface area contributed by atoms with Crippen LogP contribution in [0.25, 0.3) is 10.2 Å². The van der Waals surface area contributed by atoms with Crippen LogP contribution in [0.5, 0.6) is 11.5 Å². The van der Waals surface area contributed by atoms with E-state index in [2.05, 4.69) is 26.0 Å². The molecule has 0 bridgehead atoms. The lowest BCUT2D eigenvalue weighted by molar-refractivity contribution is 0.0983. The zero-order chi connectivity index (χ0) is 22.8. The number of carbonyl (C=O) groups is 1. The van der Waals surface area contributed by atoms with Gasteiger partial charge in [0, 0.05) is 5.56 Å². The molecule has 0 aliphatic carbocycles. The van der Waals surface area contributed by atoms with Gasteiger partial charge in [0.15, 0.2) is 5.13 Å². The summed E-state index contributed by atoms with van der Waals surface area (Å²) in [5.41, 5.74) is 3.74. The molecule has 0 aliphatic heterocycles. The molecule has 5 aromatic rings. The predicted molar refractivity (Wildman–Crippen MR) is 131 cm³/mol. The van der Waals surface area contributed by atoms with Crippen LogP contribution < -0.4 is 9.64 Å². The van der Waals surface area contributed by atoms with Crippen molar-refractivity contribution in [2.24, 2.45) is 0 Å². The summed E-state index contributed by atoms with van der Waals surface area (Å²) in [7, 11) is 0. The Morgan fingerprint density at radius 2 is 1.79 bits per heavy atom. The van der Waals surface area contributed by atoms with Crippen LogP contribution in [0.2, 0.25) is 0 Å². The van der Waals surface area contributed by atoms with Crippen LogP contribution in [0.4, 0.5) is 5.13 Å². The van der Waals surface area contributed by atoms with E-state index < -0.39 is 0 Å². The smallest absolute Gasteiger partial charge is 0.260 e. The monoisotopic (exact) mass is 454 g/mol. The minimum Gasteiger partial charge on any atom is -0.467 e. The van der Waals surface area contributed by atoms with Crippen molar-refractivity contribution in [3.8, 4) is 11.5 Å². The Kier molecular flexibility index (Phi) is 5.67. The second-order valence-corrected chi connectivity index (χ2v) is 8.77. The molecule has 0 radical (unpaired) electrons. The molecule has 2 aromatic heterocycles. The van der Waals surface area contributed by atoms with E-state index >= 15 is 0 Å². The summed E-state index contributed by atoms with van der Waals surface area (Å²) in [4.78, 5) is 20.2. The molecule has 0 atom stereocenters. The molecule has 5 nitrogen and oxygen atoms in total. The van der Waals surface area contributed by atoms with Crippen LogP contribution in [-0.4, -0.2) is 10.9 Å². The summed E-state index contributed by atoms with van der Waals surface area (Å²) in [6.45, 7) is 4.41. The quantitative estimate of drug-likeness (QED) is 0.273. The summed E-state index contributed by atoms with van der Waals surface area (Å²) in [6, 6.07) is 24.5. The first-order valence-corrected chi connectivity index (χ1v) is 11.4. The van der Waals surface area contributed by atoms with Crippen molar-refractivity contribution in [2.45, 2.75) is 20.4 Å². The van der Waals surface area contributed by atoms with Gasteiger partial charge in [0.05, 0.1) is 23.0 Å². The number of carbonyl (C=O) groups excluding carboxylic acids is 1. The van der Waals surface area contributed by atoms with Crippen molar-refractivity contribution in [3.63, 3.8) is 0 Å². The maximum absolute atomic E-state index is 13.7. The number of anilines is 1. The first kappa shape index (κ1) is 21.0.